The number of hydrogen-bond donors (Lipinski definition) is 1. The standard InChI is InChI=1S/C6H13NO2S/c1-5(10)7-4-6(8-2)9-3/h6H,4H2,1-3H3,(H,7,10). The van der Waals surface area contributed by atoms with E-state index in [-0.39, 0.29) is 6.29 Å². The summed E-state index contributed by atoms with van der Waals surface area (Å²) in [5.74, 6) is 0. The Kier molecular flexibility index (Phi) is 5.48. The lowest BCUT2D eigenvalue weighted by atomic mass is 10.6. The number of rotatable bonds is 4. The predicted octanol–water partition coefficient (Wildman–Crippen LogP) is 0.542. The van der Waals surface area contributed by atoms with Gasteiger partial charge in [-0.25, -0.2) is 0 Å². The Morgan fingerprint density at radius 1 is 1.50 bits per heavy atom. The van der Waals surface area contributed by atoms with Crippen LogP contribution in [0.5, 0.6) is 0 Å². The summed E-state index contributed by atoms with van der Waals surface area (Å²) in [5.41, 5.74) is 0. The smallest absolute Gasteiger partial charge is 0.173 e. The SMILES string of the molecule is COC(CNC(C)=S)OC. The number of methoxy groups -OCH3 is 2. The second-order valence-electron chi connectivity index (χ2n) is 1.84. The van der Waals surface area contributed by atoms with Crippen LogP contribution >= 0.6 is 12.2 Å². The molecule has 0 rings (SSSR count). The average Bonchev–Trinajstić information content (AvgIpc) is 1.90. The second kappa shape index (κ2) is 5.58. The minimum absolute atomic E-state index is 0.210. The molecular weight excluding hydrogens is 150 g/mol. The lowest BCUT2D eigenvalue weighted by molar-refractivity contribution is -0.0964. The van der Waals surface area contributed by atoms with Crippen molar-refractivity contribution in [3.05, 3.63) is 0 Å². The molecular formula is C6H13NO2S. The van der Waals surface area contributed by atoms with Gasteiger partial charge in [0.1, 0.15) is 0 Å². The van der Waals surface area contributed by atoms with E-state index in [1.807, 2.05) is 6.92 Å². The highest BCUT2D eigenvalue weighted by Crippen LogP contribution is 1.86. The first-order valence-electron chi connectivity index (χ1n) is 3.00. The van der Waals surface area contributed by atoms with Crippen LogP contribution in [-0.4, -0.2) is 32.0 Å². The Morgan fingerprint density at radius 3 is 2.30 bits per heavy atom. The van der Waals surface area contributed by atoms with Gasteiger partial charge in [-0.2, -0.15) is 0 Å². The van der Waals surface area contributed by atoms with Gasteiger partial charge in [0.25, 0.3) is 0 Å². The highest BCUT2D eigenvalue weighted by molar-refractivity contribution is 7.80. The topological polar surface area (TPSA) is 30.5 Å². The molecule has 0 bridgehead atoms. The molecule has 10 heavy (non-hydrogen) atoms. The molecule has 1 N–H and O–H groups in total. The van der Waals surface area contributed by atoms with Crippen molar-refractivity contribution in [3.63, 3.8) is 0 Å². The number of hydrogen-bond acceptors (Lipinski definition) is 3. The third-order valence-corrected chi connectivity index (χ3v) is 1.19. The fraction of sp³-hybridized carbons (Fsp3) is 0.833. The van der Waals surface area contributed by atoms with Crippen LogP contribution < -0.4 is 5.32 Å². The van der Waals surface area contributed by atoms with Crippen molar-refractivity contribution < 1.29 is 9.47 Å². The van der Waals surface area contributed by atoms with Gasteiger partial charge in [0, 0.05) is 14.2 Å². The quantitative estimate of drug-likeness (QED) is 0.484. The zero-order chi connectivity index (χ0) is 7.98. The van der Waals surface area contributed by atoms with Crippen LogP contribution in [0, 0.1) is 0 Å². The molecule has 0 amide bonds. The molecule has 3 nitrogen and oxygen atoms in total. The molecule has 0 unspecified atom stereocenters. The summed E-state index contributed by atoms with van der Waals surface area (Å²) < 4.78 is 9.81. The van der Waals surface area contributed by atoms with Crippen molar-refractivity contribution in [2.24, 2.45) is 0 Å². The predicted molar refractivity (Wildman–Crippen MR) is 44.1 cm³/mol. The maximum absolute atomic E-state index is 4.91. The van der Waals surface area contributed by atoms with Crippen molar-refractivity contribution >= 4 is 17.2 Å². The van der Waals surface area contributed by atoms with Gasteiger partial charge in [0.15, 0.2) is 6.29 Å². The van der Waals surface area contributed by atoms with Gasteiger partial charge >= 0.3 is 0 Å². The first kappa shape index (κ1) is 9.81. The normalized spacial score (nSPS) is 10.0. The van der Waals surface area contributed by atoms with Gasteiger partial charge in [-0.15, -0.1) is 0 Å². The fourth-order valence-corrected chi connectivity index (χ4v) is 0.573. The van der Waals surface area contributed by atoms with E-state index in [1.165, 1.54) is 0 Å². The summed E-state index contributed by atoms with van der Waals surface area (Å²) in [6, 6.07) is 0. The fourth-order valence-electron chi connectivity index (χ4n) is 0.490. The molecule has 0 aromatic rings. The van der Waals surface area contributed by atoms with E-state index in [1.54, 1.807) is 14.2 Å². The van der Waals surface area contributed by atoms with E-state index in [0.717, 1.165) is 4.99 Å². The molecule has 0 aliphatic rings. The molecule has 0 radical (unpaired) electrons. The molecule has 0 aliphatic carbocycles. The molecule has 0 aromatic heterocycles. The average molecular weight is 163 g/mol. The molecule has 0 spiro atoms. The monoisotopic (exact) mass is 163 g/mol. The summed E-state index contributed by atoms with van der Waals surface area (Å²) in [6.45, 7) is 2.42. The van der Waals surface area contributed by atoms with E-state index in [4.69, 9.17) is 21.7 Å². The van der Waals surface area contributed by atoms with Crippen molar-refractivity contribution in [3.8, 4) is 0 Å². The Balaban J connectivity index is 3.34. The molecule has 0 saturated carbocycles. The van der Waals surface area contributed by atoms with Gasteiger partial charge in [0.05, 0.1) is 11.5 Å². The van der Waals surface area contributed by atoms with Crippen molar-refractivity contribution in [1.29, 1.82) is 0 Å². The summed E-state index contributed by atoms with van der Waals surface area (Å²) in [5, 5.41) is 2.93. The zero-order valence-corrected chi connectivity index (χ0v) is 7.33. The van der Waals surface area contributed by atoms with Crippen molar-refractivity contribution in [2.45, 2.75) is 13.2 Å². The van der Waals surface area contributed by atoms with E-state index in [9.17, 15) is 0 Å². The van der Waals surface area contributed by atoms with Crippen LogP contribution in [0.4, 0.5) is 0 Å². The van der Waals surface area contributed by atoms with E-state index in [2.05, 4.69) is 5.32 Å². The highest BCUT2D eigenvalue weighted by atomic mass is 32.1. The Hall–Kier alpha value is -0.190. The largest absolute Gasteiger partial charge is 0.375 e. The molecule has 0 heterocycles. The van der Waals surface area contributed by atoms with Crippen LogP contribution in [0.15, 0.2) is 0 Å². The second-order valence-corrected chi connectivity index (χ2v) is 2.45. The summed E-state index contributed by atoms with van der Waals surface area (Å²) in [7, 11) is 3.18. The first-order valence-corrected chi connectivity index (χ1v) is 3.41. The van der Waals surface area contributed by atoms with E-state index < -0.39 is 0 Å². The molecule has 60 valence electrons. The minimum Gasteiger partial charge on any atom is -0.375 e. The molecule has 0 fully saturated rings. The highest BCUT2D eigenvalue weighted by Gasteiger charge is 2.02. The third kappa shape index (κ3) is 4.67. The van der Waals surface area contributed by atoms with Crippen LogP contribution in [0.1, 0.15) is 6.92 Å². The number of nitrogens with one attached hydrogen (secondary N) is 1. The maximum atomic E-state index is 4.91. The Labute approximate surface area is 66.7 Å². The lowest BCUT2D eigenvalue weighted by Crippen LogP contribution is -2.31. The van der Waals surface area contributed by atoms with Gasteiger partial charge in [-0.05, 0) is 6.92 Å². The summed E-state index contributed by atoms with van der Waals surface area (Å²) in [4.78, 5) is 0.749. The summed E-state index contributed by atoms with van der Waals surface area (Å²) in [6.07, 6.45) is -0.210. The van der Waals surface area contributed by atoms with E-state index >= 15 is 0 Å². The van der Waals surface area contributed by atoms with E-state index in [0.29, 0.717) is 6.54 Å². The van der Waals surface area contributed by atoms with Crippen molar-refractivity contribution in [2.75, 3.05) is 20.8 Å². The van der Waals surface area contributed by atoms with Crippen LogP contribution in [0.3, 0.4) is 0 Å². The van der Waals surface area contributed by atoms with Gasteiger partial charge in [-0.3, -0.25) is 0 Å². The molecule has 0 aliphatic heterocycles. The van der Waals surface area contributed by atoms with Gasteiger partial charge in [-0.1, -0.05) is 12.2 Å². The van der Waals surface area contributed by atoms with Crippen LogP contribution in [0.25, 0.3) is 0 Å². The Morgan fingerprint density at radius 2 is 2.00 bits per heavy atom. The lowest BCUT2D eigenvalue weighted by Gasteiger charge is -2.13. The minimum atomic E-state index is -0.210. The van der Waals surface area contributed by atoms with Crippen LogP contribution in [0.2, 0.25) is 0 Å². The maximum Gasteiger partial charge on any atom is 0.173 e. The molecule has 4 heteroatoms. The molecule has 0 saturated heterocycles. The summed E-state index contributed by atoms with van der Waals surface area (Å²) >= 11 is 4.79. The van der Waals surface area contributed by atoms with Crippen LogP contribution in [-0.2, 0) is 9.47 Å². The molecule has 0 atom stereocenters. The number of ether oxygens (including phenoxy) is 2. The zero-order valence-electron chi connectivity index (χ0n) is 6.51. The van der Waals surface area contributed by atoms with Crippen molar-refractivity contribution in [1.82, 2.24) is 5.32 Å². The number of thiocarbonyl (C=S) groups is 1. The third-order valence-electron chi connectivity index (χ3n) is 1.04. The van der Waals surface area contributed by atoms with Gasteiger partial charge in [0.2, 0.25) is 0 Å². The first-order chi connectivity index (χ1) is 4.70. The Bertz CT molecular complexity index is 104. The molecule has 0 aromatic carbocycles. The van der Waals surface area contributed by atoms with Gasteiger partial charge < -0.3 is 14.8 Å².